The molecule has 0 aromatic heterocycles. The first-order chi connectivity index (χ1) is 8.60. The smallest absolute Gasteiger partial charge is 0.317 e. The third-order valence-electron chi connectivity index (χ3n) is 3.45. The summed E-state index contributed by atoms with van der Waals surface area (Å²) in [6.45, 7) is 4.40. The molecule has 0 bridgehead atoms. The van der Waals surface area contributed by atoms with E-state index in [9.17, 15) is 4.79 Å². The number of ether oxygens (including phenoxy) is 1. The van der Waals surface area contributed by atoms with Gasteiger partial charge in [-0.1, -0.05) is 49.6 Å². The predicted molar refractivity (Wildman–Crippen MR) is 73.5 cm³/mol. The summed E-state index contributed by atoms with van der Waals surface area (Å²) in [5.74, 6) is -0.232. The van der Waals surface area contributed by atoms with Gasteiger partial charge in [-0.3, -0.25) is 4.79 Å². The number of aryl methyl sites for hydroxylation is 1. The summed E-state index contributed by atoms with van der Waals surface area (Å²) >= 11 is 0. The topological polar surface area (TPSA) is 52.3 Å². The summed E-state index contributed by atoms with van der Waals surface area (Å²) in [7, 11) is 1.43. The third-order valence-corrected chi connectivity index (χ3v) is 3.45. The first kappa shape index (κ1) is 14.7. The van der Waals surface area contributed by atoms with Gasteiger partial charge in [0.25, 0.3) is 0 Å². The number of unbranched alkanes of at least 4 members (excludes halogenated alkanes) is 1. The van der Waals surface area contributed by atoms with Gasteiger partial charge in [0.1, 0.15) is 5.41 Å². The van der Waals surface area contributed by atoms with E-state index < -0.39 is 5.41 Å². The van der Waals surface area contributed by atoms with Gasteiger partial charge in [0.15, 0.2) is 0 Å². The van der Waals surface area contributed by atoms with Gasteiger partial charge in [0.2, 0.25) is 0 Å². The molecule has 1 atom stereocenters. The molecule has 0 fully saturated rings. The van der Waals surface area contributed by atoms with Crippen molar-refractivity contribution in [3.05, 3.63) is 35.4 Å². The number of hydrogen-bond donors (Lipinski definition) is 1. The summed E-state index contributed by atoms with van der Waals surface area (Å²) in [5, 5.41) is 0. The second-order valence-electron chi connectivity index (χ2n) is 4.75. The van der Waals surface area contributed by atoms with E-state index in [1.165, 1.54) is 7.11 Å². The molecular weight excluding hydrogens is 226 g/mol. The quantitative estimate of drug-likeness (QED) is 0.788. The maximum Gasteiger partial charge on any atom is 0.317 e. The highest BCUT2D eigenvalue weighted by Gasteiger charge is 2.39. The average Bonchev–Trinajstić information content (AvgIpc) is 2.39. The van der Waals surface area contributed by atoms with Crippen molar-refractivity contribution in [3.63, 3.8) is 0 Å². The highest BCUT2D eigenvalue weighted by molar-refractivity contribution is 5.83. The minimum absolute atomic E-state index is 0.232. The van der Waals surface area contributed by atoms with Crippen molar-refractivity contribution in [2.75, 3.05) is 13.7 Å². The van der Waals surface area contributed by atoms with Crippen LogP contribution in [0.1, 0.15) is 37.3 Å². The normalized spacial score (nSPS) is 14.0. The van der Waals surface area contributed by atoms with Crippen LogP contribution in [-0.2, 0) is 14.9 Å². The Hall–Kier alpha value is -1.35. The molecule has 1 aromatic carbocycles. The van der Waals surface area contributed by atoms with Crippen LogP contribution in [0.5, 0.6) is 0 Å². The van der Waals surface area contributed by atoms with Crippen LogP contribution in [-0.4, -0.2) is 19.6 Å². The van der Waals surface area contributed by atoms with E-state index in [4.69, 9.17) is 10.5 Å². The third kappa shape index (κ3) is 2.91. The van der Waals surface area contributed by atoms with Crippen molar-refractivity contribution in [1.82, 2.24) is 0 Å². The van der Waals surface area contributed by atoms with Gasteiger partial charge in [-0.05, 0) is 18.9 Å². The Morgan fingerprint density at radius 2 is 2.17 bits per heavy atom. The lowest BCUT2D eigenvalue weighted by atomic mass is 9.76. The predicted octanol–water partition coefficient (Wildman–Crippen LogP) is 2.55. The van der Waals surface area contributed by atoms with Crippen LogP contribution in [0.4, 0.5) is 0 Å². The second-order valence-corrected chi connectivity index (χ2v) is 4.75. The molecular formula is C15H23NO2. The summed E-state index contributed by atoms with van der Waals surface area (Å²) < 4.78 is 4.98. The van der Waals surface area contributed by atoms with Crippen LogP contribution in [0.2, 0.25) is 0 Å². The summed E-state index contributed by atoms with van der Waals surface area (Å²) in [6.07, 6.45) is 2.72. The van der Waals surface area contributed by atoms with E-state index in [-0.39, 0.29) is 12.5 Å². The van der Waals surface area contributed by atoms with Crippen LogP contribution in [0, 0.1) is 6.92 Å². The van der Waals surface area contributed by atoms with Crippen molar-refractivity contribution in [2.45, 2.75) is 38.5 Å². The van der Waals surface area contributed by atoms with Crippen LogP contribution < -0.4 is 5.73 Å². The van der Waals surface area contributed by atoms with Crippen LogP contribution in [0.25, 0.3) is 0 Å². The largest absolute Gasteiger partial charge is 0.468 e. The molecule has 0 saturated carbocycles. The second kappa shape index (κ2) is 6.55. The van der Waals surface area contributed by atoms with Gasteiger partial charge in [-0.15, -0.1) is 0 Å². The van der Waals surface area contributed by atoms with Crippen LogP contribution in [0.3, 0.4) is 0 Å². The molecule has 0 radical (unpaired) electrons. The zero-order chi connectivity index (χ0) is 13.6. The number of hydrogen-bond acceptors (Lipinski definition) is 3. The molecule has 0 heterocycles. The fourth-order valence-corrected chi connectivity index (χ4v) is 2.28. The molecule has 1 aromatic rings. The van der Waals surface area contributed by atoms with Gasteiger partial charge in [0.05, 0.1) is 7.11 Å². The average molecular weight is 249 g/mol. The van der Waals surface area contributed by atoms with Crippen LogP contribution in [0.15, 0.2) is 24.3 Å². The maximum absolute atomic E-state index is 12.2. The number of esters is 1. The molecule has 0 aliphatic heterocycles. The van der Waals surface area contributed by atoms with Gasteiger partial charge in [-0.2, -0.15) is 0 Å². The SMILES string of the molecule is CCCCC(CN)(C(=O)OC)c1cccc(C)c1. The molecule has 2 N–H and O–H groups in total. The highest BCUT2D eigenvalue weighted by atomic mass is 16.5. The first-order valence-electron chi connectivity index (χ1n) is 6.46. The minimum atomic E-state index is -0.698. The number of benzene rings is 1. The lowest BCUT2D eigenvalue weighted by Crippen LogP contribution is -2.44. The first-order valence-corrected chi connectivity index (χ1v) is 6.46. The van der Waals surface area contributed by atoms with E-state index in [1.807, 2.05) is 31.2 Å². The Morgan fingerprint density at radius 3 is 2.67 bits per heavy atom. The monoisotopic (exact) mass is 249 g/mol. The van der Waals surface area contributed by atoms with Crippen molar-refractivity contribution in [1.29, 1.82) is 0 Å². The maximum atomic E-state index is 12.2. The lowest BCUT2D eigenvalue weighted by Gasteiger charge is -2.30. The number of carbonyl (C=O) groups excluding carboxylic acids is 1. The summed E-state index contributed by atoms with van der Waals surface area (Å²) in [5.41, 5.74) is 7.30. The van der Waals surface area contributed by atoms with E-state index >= 15 is 0 Å². The molecule has 0 amide bonds. The Kier molecular flexibility index (Phi) is 5.35. The van der Waals surface area contributed by atoms with Gasteiger partial charge in [-0.25, -0.2) is 0 Å². The zero-order valence-electron chi connectivity index (χ0n) is 11.5. The van der Waals surface area contributed by atoms with Gasteiger partial charge < -0.3 is 10.5 Å². The molecule has 3 heteroatoms. The van der Waals surface area contributed by atoms with Crippen molar-refractivity contribution in [3.8, 4) is 0 Å². The molecule has 0 aliphatic rings. The molecule has 100 valence electrons. The highest BCUT2D eigenvalue weighted by Crippen LogP contribution is 2.31. The molecule has 1 rings (SSSR count). The van der Waals surface area contributed by atoms with E-state index in [2.05, 4.69) is 6.92 Å². The van der Waals surface area contributed by atoms with E-state index in [0.717, 1.165) is 30.4 Å². The molecule has 1 unspecified atom stereocenters. The van der Waals surface area contributed by atoms with Crippen molar-refractivity contribution < 1.29 is 9.53 Å². The fraction of sp³-hybridized carbons (Fsp3) is 0.533. The number of rotatable bonds is 6. The Bertz CT molecular complexity index is 403. The van der Waals surface area contributed by atoms with Gasteiger partial charge >= 0.3 is 5.97 Å². The van der Waals surface area contributed by atoms with E-state index in [1.54, 1.807) is 0 Å². The van der Waals surface area contributed by atoms with Crippen molar-refractivity contribution >= 4 is 5.97 Å². The Labute approximate surface area is 109 Å². The van der Waals surface area contributed by atoms with E-state index in [0.29, 0.717) is 0 Å². The molecule has 0 saturated heterocycles. The number of carbonyl (C=O) groups is 1. The number of nitrogens with two attached hydrogens (primary N) is 1. The Morgan fingerprint density at radius 1 is 1.44 bits per heavy atom. The van der Waals surface area contributed by atoms with Crippen molar-refractivity contribution in [2.24, 2.45) is 5.73 Å². The fourth-order valence-electron chi connectivity index (χ4n) is 2.28. The molecule has 18 heavy (non-hydrogen) atoms. The minimum Gasteiger partial charge on any atom is -0.468 e. The molecule has 0 spiro atoms. The molecule has 0 aliphatic carbocycles. The number of methoxy groups -OCH3 is 1. The van der Waals surface area contributed by atoms with Crippen LogP contribution >= 0.6 is 0 Å². The summed E-state index contributed by atoms with van der Waals surface area (Å²) in [4.78, 5) is 12.2. The lowest BCUT2D eigenvalue weighted by molar-refractivity contribution is -0.147. The zero-order valence-corrected chi connectivity index (χ0v) is 11.5. The Balaban J connectivity index is 3.20. The van der Waals surface area contributed by atoms with Gasteiger partial charge in [0, 0.05) is 6.54 Å². The molecule has 3 nitrogen and oxygen atoms in total. The summed E-state index contributed by atoms with van der Waals surface area (Å²) in [6, 6.07) is 7.97. The standard InChI is InChI=1S/C15H23NO2/c1-4-5-9-15(11-16,14(17)18-3)13-8-6-7-12(2)10-13/h6-8,10H,4-5,9,11,16H2,1-3H3.